The maximum Gasteiger partial charge on any atom is 0.490 e. The number of rotatable bonds is 2. The number of benzene rings is 2. The molecule has 0 spiro atoms. The number of hydrogen-bond donors (Lipinski definition) is 4. The van der Waals surface area contributed by atoms with Gasteiger partial charge in [0.15, 0.2) is 0 Å². The molecule has 0 unspecified atom stereocenters. The second kappa shape index (κ2) is 8.85. The van der Waals surface area contributed by atoms with Crippen LogP contribution in [0.3, 0.4) is 0 Å². The average molecular weight is 466 g/mol. The van der Waals surface area contributed by atoms with Gasteiger partial charge in [0.05, 0.1) is 5.69 Å². The Balaban J connectivity index is 0.000000325. The first kappa shape index (κ1) is 23.4. The zero-order valence-corrected chi connectivity index (χ0v) is 17.9. The molecule has 1 heterocycles. The topological polar surface area (TPSA) is 81.6 Å². The third-order valence-electron chi connectivity index (χ3n) is 7.12. The van der Waals surface area contributed by atoms with Gasteiger partial charge in [-0.1, -0.05) is 12.8 Å². The highest BCUT2D eigenvalue weighted by molar-refractivity contribution is 5.73. The molecule has 4 N–H and O–H groups in total. The van der Waals surface area contributed by atoms with Crippen LogP contribution in [0.2, 0.25) is 0 Å². The van der Waals surface area contributed by atoms with E-state index in [9.17, 15) is 22.7 Å². The quantitative estimate of drug-likeness (QED) is 0.359. The molecule has 2 bridgehead atoms. The van der Waals surface area contributed by atoms with Gasteiger partial charge < -0.3 is 20.8 Å². The monoisotopic (exact) mass is 466 g/mol. The van der Waals surface area contributed by atoms with E-state index < -0.39 is 12.1 Å². The lowest BCUT2D eigenvalue weighted by Gasteiger charge is -2.56. The van der Waals surface area contributed by atoms with Crippen molar-refractivity contribution in [3.63, 3.8) is 0 Å². The smallest absolute Gasteiger partial charge is 0.490 e. The number of fused-ring (bicyclic) bond motifs is 1. The van der Waals surface area contributed by atoms with E-state index in [0.29, 0.717) is 23.4 Å². The molecule has 5 nitrogen and oxygen atoms in total. The van der Waals surface area contributed by atoms with Gasteiger partial charge in [0.25, 0.3) is 0 Å². The SMILES string of the molecule is O=C(O)C(F)(F)F.Oc1cc2c(cc1Nc1ccc(F)cc1)C[C@@H]1NCC[C@]23CCCC[C@H]13. The molecule has 2 fully saturated rings. The molecule has 2 aromatic rings. The zero-order valence-electron chi connectivity index (χ0n) is 17.9. The summed E-state index contributed by atoms with van der Waals surface area (Å²) >= 11 is 0. The van der Waals surface area contributed by atoms with Gasteiger partial charge in [0, 0.05) is 17.1 Å². The van der Waals surface area contributed by atoms with Crippen LogP contribution in [0, 0.1) is 11.7 Å². The first-order chi connectivity index (χ1) is 15.6. The number of carboxylic acid groups (broad SMARTS) is 1. The number of carbonyl (C=O) groups is 1. The van der Waals surface area contributed by atoms with Crippen molar-refractivity contribution < 1.29 is 32.6 Å². The van der Waals surface area contributed by atoms with Crippen molar-refractivity contribution in [1.29, 1.82) is 0 Å². The van der Waals surface area contributed by atoms with E-state index in [1.165, 1.54) is 55.4 Å². The minimum absolute atomic E-state index is 0.244. The van der Waals surface area contributed by atoms with E-state index in [0.717, 1.165) is 18.7 Å². The van der Waals surface area contributed by atoms with Crippen LogP contribution in [0.4, 0.5) is 28.9 Å². The number of alkyl halides is 3. The van der Waals surface area contributed by atoms with Crippen molar-refractivity contribution >= 4 is 17.3 Å². The Labute approximate surface area is 188 Å². The minimum atomic E-state index is -5.08. The zero-order chi connectivity index (χ0) is 23.8. The van der Waals surface area contributed by atoms with Crippen molar-refractivity contribution in [2.24, 2.45) is 5.92 Å². The molecular formula is C24H26F4N2O3. The van der Waals surface area contributed by atoms with Crippen molar-refractivity contribution in [2.75, 3.05) is 11.9 Å². The van der Waals surface area contributed by atoms with E-state index >= 15 is 0 Å². The molecule has 1 saturated carbocycles. The van der Waals surface area contributed by atoms with Crippen LogP contribution >= 0.6 is 0 Å². The second-order valence-corrected chi connectivity index (χ2v) is 8.98. The van der Waals surface area contributed by atoms with Crippen LogP contribution in [0.5, 0.6) is 5.75 Å². The second-order valence-electron chi connectivity index (χ2n) is 8.98. The molecule has 1 saturated heterocycles. The Morgan fingerprint density at radius 2 is 1.82 bits per heavy atom. The van der Waals surface area contributed by atoms with E-state index in [2.05, 4.69) is 16.7 Å². The Hall–Kier alpha value is -2.81. The van der Waals surface area contributed by atoms with Gasteiger partial charge in [-0.05, 0) is 85.7 Å². The van der Waals surface area contributed by atoms with Gasteiger partial charge in [0.2, 0.25) is 0 Å². The molecule has 1 aliphatic heterocycles. The fourth-order valence-corrected chi connectivity index (χ4v) is 5.76. The number of carboxylic acids is 1. The van der Waals surface area contributed by atoms with Gasteiger partial charge in [-0.15, -0.1) is 0 Å². The number of anilines is 2. The molecule has 2 aliphatic carbocycles. The largest absolute Gasteiger partial charge is 0.506 e. The van der Waals surface area contributed by atoms with Crippen LogP contribution in [0.15, 0.2) is 36.4 Å². The third kappa shape index (κ3) is 4.64. The summed E-state index contributed by atoms with van der Waals surface area (Å²) < 4.78 is 44.9. The summed E-state index contributed by atoms with van der Waals surface area (Å²) in [7, 11) is 0. The van der Waals surface area contributed by atoms with E-state index in [1.807, 2.05) is 6.07 Å². The number of phenols is 1. The maximum atomic E-state index is 13.1. The first-order valence-electron chi connectivity index (χ1n) is 11.0. The van der Waals surface area contributed by atoms with E-state index in [1.54, 1.807) is 12.1 Å². The molecule has 0 aromatic heterocycles. The van der Waals surface area contributed by atoms with Crippen molar-refractivity contribution in [3.05, 3.63) is 53.3 Å². The van der Waals surface area contributed by atoms with Gasteiger partial charge >= 0.3 is 12.1 Å². The van der Waals surface area contributed by atoms with Crippen molar-refractivity contribution in [2.45, 2.75) is 56.2 Å². The van der Waals surface area contributed by atoms with Crippen LogP contribution in [0.1, 0.15) is 43.2 Å². The summed E-state index contributed by atoms with van der Waals surface area (Å²) in [6, 6.07) is 10.9. The van der Waals surface area contributed by atoms with Gasteiger partial charge in [-0.25, -0.2) is 9.18 Å². The lowest BCUT2D eigenvalue weighted by atomic mass is 9.53. The summed E-state index contributed by atoms with van der Waals surface area (Å²) in [6.07, 6.45) is 2.28. The normalized spacial score (nSPS) is 25.7. The average Bonchev–Trinajstić information content (AvgIpc) is 2.76. The summed E-state index contributed by atoms with van der Waals surface area (Å²) in [5.74, 6) is -2.02. The summed E-state index contributed by atoms with van der Waals surface area (Å²) in [4.78, 5) is 8.90. The number of phenolic OH excluding ortho intramolecular Hbond substituents is 1. The summed E-state index contributed by atoms with van der Waals surface area (Å²) in [5, 5.41) is 24.8. The highest BCUT2D eigenvalue weighted by Gasteiger charge is 2.51. The fraction of sp³-hybridized carbons (Fsp3) is 0.458. The number of nitrogens with one attached hydrogen (secondary N) is 2. The van der Waals surface area contributed by atoms with Crippen molar-refractivity contribution in [3.8, 4) is 5.75 Å². The number of aromatic hydroxyl groups is 1. The molecule has 5 rings (SSSR count). The summed E-state index contributed by atoms with van der Waals surface area (Å²) in [6.45, 7) is 1.08. The number of halogens is 4. The Morgan fingerprint density at radius 1 is 1.12 bits per heavy atom. The highest BCUT2D eigenvalue weighted by Crippen LogP contribution is 2.55. The first-order valence-corrected chi connectivity index (χ1v) is 11.0. The third-order valence-corrected chi connectivity index (χ3v) is 7.12. The van der Waals surface area contributed by atoms with E-state index in [4.69, 9.17) is 9.90 Å². The molecule has 33 heavy (non-hydrogen) atoms. The van der Waals surface area contributed by atoms with Gasteiger partial charge in [-0.2, -0.15) is 13.2 Å². The van der Waals surface area contributed by atoms with E-state index in [-0.39, 0.29) is 11.2 Å². The Kier molecular flexibility index (Phi) is 6.26. The molecule has 9 heteroatoms. The van der Waals surface area contributed by atoms with Crippen molar-refractivity contribution in [1.82, 2.24) is 5.32 Å². The number of piperidine rings is 1. The molecule has 178 valence electrons. The minimum Gasteiger partial charge on any atom is -0.506 e. The number of aliphatic carboxylic acids is 1. The van der Waals surface area contributed by atoms with Crippen LogP contribution in [-0.4, -0.2) is 34.9 Å². The predicted octanol–water partition coefficient (Wildman–Crippen LogP) is 5.25. The maximum absolute atomic E-state index is 13.1. The fourth-order valence-electron chi connectivity index (χ4n) is 5.76. The molecular weight excluding hydrogens is 440 g/mol. The molecule has 3 atom stereocenters. The predicted molar refractivity (Wildman–Crippen MR) is 115 cm³/mol. The van der Waals surface area contributed by atoms with Gasteiger partial charge in [-0.3, -0.25) is 0 Å². The summed E-state index contributed by atoms with van der Waals surface area (Å²) in [5.41, 5.74) is 4.46. The molecule has 2 aromatic carbocycles. The Morgan fingerprint density at radius 3 is 2.48 bits per heavy atom. The molecule has 3 aliphatic rings. The number of hydrogen-bond acceptors (Lipinski definition) is 4. The highest BCUT2D eigenvalue weighted by atomic mass is 19.4. The standard InChI is InChI=1S/C22H25FN2O.C2HF3O2/c23-15-4-6-16(7-5-15)25-20-12-14-11-19-17-3-1-2-8-22(17,9-10-24-19)18(14)13-21(20)26;3-2(4,5)1(6)7/h4-7,12-13,17,19,24-26H,1-3,8-11H2;(H,6,7)/t17-,19+,22+;/m1./s1. The lowest BCUT2D eigenvalue weighted by molar-refractivity contribution is -0.192. The van der Waals surface area contributed by atoms with Crippen LogP contribution in [0.25, 0.3) is 0 Å². The molecule has 0 radical (unpaired) electrons. The Bertz CT molecular complexity index is 1020. The lowest BCUT2D eigenvalue weighted by Crippen LogP contribution is -2.59. The van der Waals surface area contributed by atoms with Gasteiger partial charge in [0.1, 0.15) is 11.6 Å². The van der Waals surface area contributed by atoms with Crippen LogP contribution < -0.4 is 10.6 Å². The van der Waals surface area contributed by atoms with Crippen LogP contribution in [-0.2, 0) is 16.6 Å². The molecule has 0 amide bonds.